The number of allylic oxidation sites excluding steroid dienone is 1. The van der Waals surface area contributed by atoms with Gasteiger partial charge in [-0.3, -0.25) is 19.3 Å². The van der Waals surface area contributed by atoms with Crippen molar-refractivity contribution in [2.24, 2.45) is 12.5 Å². The Hall–Kier alpha value is -5.54. The number of fused-ring (bicyclic) bond motifs is 2. The van der Waals surface area contributed by atoms with Crippen LogP contribution < -0.4 is 20.3 Å². The number of rotatable bonds is 8. The molecule has 0 spiro atoms. The lowest BCUT2D eigenvalue weighted by Crippen LogP contribution is -2.40. The molecule has 0 saturated heterocycles. The molecule has 9 nitrogen and oxygen atoms in total. The van der Waals surface area contributed by atoms with E-state index in [-0.39, 0.29) is 42.1 Å². The van der Waals surface area contributed by atoms with Crippen LogP contribution in [0.1, 0.15) is 56.7 Å². The molecule has 4 aromatic carbocycles. The van der Waals surface area contributed by atoms with Crippen LogP contribution in [0.15, 0.2) is 108 Å². The summed E-state index contributed by atoms with van der Waals surface area (Å²) in [5, 5.41) is 18.7. The molecule has 1 aliphatic carbocycles. The number of hydrogen-bond donors (Lipinski definition) is 3. The Balaban J connectivity index is 1.24. The van der Waals surface area contributed by atoms with Crippen molar-refractivity contribution in [1.82, 2.24) is 4.57 Å². The average molecular weight is 703 g/mol. The van der Waals surface area contributed by atoms with Gasteiger partial charge in [-0.05, 0) is 71.5 Å². The van der Waals surface area contributed by atoms with Crippen LogP contribution in [0.25, 0.3) is 10.9 Å². The van der Waals surface area contributed by atoms with Crippen LogP contribution in [0, 0.1) is 5.41 Å². The second-order valence-corrected chi connectivity index (χ2v) is 14.4. The number of carbonyl (C=O) groups excluding carboxylic acids is 3. The zero-order chi connectivity index (χ0) is 35.9. The van der Waals surface area contributed by atoms with Crippen molar-refractivity contribution in [1.29, 1.82) is 0 Å². The fourth-order valence-corrected chi connectivity index (χ4v) is 7.37. The molecule has 1 atom stereocenters. The van der Waals surface area contributed by atoms with Gasteiger partial charge in [-0.2, -0.15) is 0 Å². The Bertz CT molecular complexity index is 2210. The number of phenolic OH excluding ortho intramolecular Hbond substituents is 1. The molecular formula is C41H39ClN4O5. The predicted molar refractivity (Wildman–Crippen MR) is 200 cm³/mol. The molecule has 10 heteroatoms. The normalized spacial score (nSPS) is 16.6. The van der Waals surface area contributed by atoms with E-state index in [9.17, 15) is 19.5 Å². The number of carbonyl (C=O) groups is 3. The van der Waals surface area contributed by atoms with Gasteiger partial charge in [0.05, 0.1) is 11.7 Å². The monoisotopic (exact) mass is 702 g/mol. The average Bonchev–Trinajstić information content (AvgIpc) is 3.38. The minimum atomic E-state index is -0.939. The van der Waals surface area contributed by atoms with Gasteiger partial charge in [-0.15, -0.1) is 0 Å². The molecule has 2 aliphatic rings. The highest BCUT2D eigenvalue weighted by Crippen LogP contribution is 2.51. The van der Waals surface area contributed by atoms with Crippen molar-refractivity contribution in [3.05, 3.63) is 125 Å². The third-order valence-electron chi connectivity index (χ3n) is 9.53. The van der Waals surface area contributed by atoms with Gasteiger partial charge in [0.15, 0.2) is 5.78 Å². The van der Waals surface area contributed by atoms with Crippen molar-refractivity contribution in [2.45, 2.75) is 52.2 Å². The zero-order valence-corrected chi connectivity index (χ0v) is 29.5. The summed E-state index contributed by atoms with van der Waals surface area (Å²) in [5.41, 5.74) is 4.53. The number of nitrogens with zero attached hydrogens (tertiary/aromatic N) is 2. The molecule has 2 heterocycles. The number of ketones is 1. The number of benzene rings is 4. The first-order valence-corrected chi connectivity index (χ1v) is 17.3. The van der Waals surface area contributed by atoms with Gasteiger partial charge in [-0.1, -0.05) is 67.9 Å². The molecule has 0 bridgehead atoms. The maximum absolute atomic E-state index is 14.5. The molecule has 3 N–H and O–H groups in total. The highest BCUT2D eigenvalue weighted by atomic mass is 35.5. The fourth-order valence-electron chi connectivity index (χ4n) is 7.10. The topological polar surface area (TPSA) is 113 Å². The highest BCUT2D eigenvalue weighted by Gasteiger charge is 2.44. The summed E-state index contributed by atoms with van der Waals surface area (Å²) in [4.78, 5) is 43.4. The molecule has 0 saturated carbocycles. The predicted octanol–water partition coefficient (Wildman–Crippen LogP) is 8.68. The number of phenols is 1. The summed E-state index contributed by atoms with van der Waals surface area (Å²) >= 11 is 7.03. The Morgan fingerprint density at radius 1 is 0.980 bits per heavy atom. The van der Waals surface area contributed by atoms with Gasteiger partial charge in [0.2, 0.25) is 11.8 Å². The van der Waals surface area contributed by atoms with Gasteiger partial charge in [0.25, 0.3) is 0 Å². The molecule has 1 aliphatic heterocycles. The fraction of sp³-hybridized carbons (Fsp3) is 0.244. The van der Waals surface area contributed by atoms with E-state index in [1.807, 2.05) is 86.3 Å². The number of Topliss-reactive ketones (excluding diaryl/α,β-unsaturated/α-hetero) is 1. The number of para-hydroxylation sites is 1. The number of aryl methyl sites for hydroxylation is 1. The number of aromatic nitrogens is 1. The first-order valence-electron chi connectivity index (χ1n) is 17.0. The van der Waals surface area contributed by atoms with Gasteiger partial charge >= 0.3 is 0 Å². The van der Waals surface area contributed by atoms with Gasteiger partial charge in [0.1, 0.15) is 23.8 Å². The number of ether oxygens (including phenoxy) is 1. The smallest absolute Gasteiger partial charge is 0.228 e. The molecule has 1 unspecified atom stereocenters. The minimum absolute atomic E-state index is 0.0709. The van der Waals surface area contributed by atoms with Crippen LogP contribution in [-0.4, -0.2) is 27.3 Å². The summed E-state index contributed by atoms with van der Waals surface area (Å²) in [7, 11) is 1.96. The Kier molecular flexibility index (Phi) is 9.08. The Labute approximate surface area is 301 Å². The van der Waals surface area contributed by atoms with Gasteiger partial charge in [-0.25, -0.2) is 0 Å². The van der Waals surface area contributed by atoms with E-state index in [1.165, 1.54) is 11.0 Å². The van der Waals surface area contributed by atoms with Crippen LogP contribution in [0.3, 0.4) is 0 Å². The third kappa shape index (κ3) is 6.94. The quantitative estimate of drug-likeness (QED) is 0.140. The standard InChI is InChI=1S/C41H39ClN4O5/c1-41(2)22-31-38(35(48)23-41)40(29-14-13-28(21-30(29)42)51-24-25-8-5-4-6-9-25)46(33-10-7-11-34(47)39(33)44-31)37(50)17-16-36(49)43-27-12-15-32-26(20-27)18-19-45(32)3/h4-15,18-21,40,44,47H,16-17,22-24H2,1-3H3,(H,43,49). The van der Waals surface area contributed by atoms with E-state index in [2.05, 4.69) is 10.6 Å². The van der Waals surface area contributed by atoms with Crippen LogP contribution in [-0.2, 0) is 28.0 Å². The first-order chi connectivity index (χ1) is 24.5. The van der Waals surface area contributed by atoms with Crippen molar-refractivity contribution in [3.63, 3.8) is 0 Å². The molecule has 5 aromatic rings. The Morgan fingerprint density at radius 3 is 2.57 bits per heavy atom. The van der Waals surface area contributed by atoms with Crippen LogP contribution in [0.4, 0.5) is 17.1 Å². The van der Waals surface area contributed by atoms with Crippen molar-refractivity contribution >= 4 is 57.2 Å². The Morgan fingerprint density at radius 2 is 1.78 bits per heavy atom. The van der Waals surface area contributed by atoms with Crippen LogP contribution >= 0.6 is 11.6 Å². The van der Waals surface area contributed by atoms with Crippen molar-refractivity contribution in [3.8, 4) is 11.5 Å². The molecule has 51 heavy (non-hydrogen) atoms. The summed E-state index contributed by atoms with van der Waals surface area (Å²) in [5.74, 6) is -0.399. The second kappa shape index (κ2) is 13.6. The lowest BCUT2D eigenvalue weighted by Gasteiger charge is -2.37. The van der Waals surface area contributed by atoms with Crippen LogP contribution in [0.2, 0.25) is 5.02 Å². The third-order valence-corrected chi connectivity index (χ3v) is 9.85. The summed E-state index contributed by atoms with van der Waals surface area (Å²) in [6.07, 6.45) is 2.45. The number of hydrogen-bond acceptors (Lipinski definition) is 6. The largest absolute Gasteiger partial charge is 0.506 e. The molecule has 7 rings (SSSR count). The number of anilines is 3. The zero-order valence-electron chi connectivity index (χ0n) is 28.7. The maximum Gasteiger partial charge on any atom is 0.228 e. The van der Waals surface area contributed by atoms with E-state index < -0.39 is 11.9 Å². The molecular weight excluding hydrogens is 664 g/mol. The summed E-state index contributed by atoms with van der Waals surface area (Å²) in [6, 6.07) is 26.6. The highest BCUT2D eigenvalue weighted by molar-refractivity contribution is 6.31. The SMILES string of the molecule is Cn1ccc2cc(NC(=O)CCC(=O)N3c4cccc(O)c4NC4=C(C(=O)CC(C)(C)C4)C3c3ccc(OCc4ccccc4)cc3Cl)ccc21. The van der Waals surface area contributed by atoms with Crippen LogP contribution in [0.5, 0.6) is 11.5 Å². The van der Waals surface area contributed by atoms with E-state index >= 15 is 0 Å². The lowest BCUT2D eigenvalue weighted by molar-refractivity contribution is -0.123. The molecule has 0 radical (unpaired) electrons. The van der Waals surface area contributed by atoms with Crippen molar-refractivity contribution < 1.29 is 24.2 Å². The second-order valence-electron chi connectivity index (χ2n) is 14.0. The van der Waals surface area contributed by atoms with Crippen molar-refractivity contribution in [2.75, 3.05) is 15.5 Å². The molecule has 2 amide bonds. The minimum Gasteiger partial charge on any atom is -0.506 e. The van der Waals surface area contributed by atoms with E-state index in [1.54, 1.807) is 30.3 Å². The number of amides is 2. The maximum atomic E-state index is 14.5. The summed E-state index contributed by atoms with van der Waals surface area (Å²) < 4.78 is 8.04. The van der Waals surface area contributed by atoms with E-state index in [0.717, 1.165) is 16.5 Å². The van der Waals surface area contributed by atoms with Gasteiger partial charge in [0, 0.05) is 65.4 Å². The number of nitrogens with one attached hydrogen (secondary N) is 2. The van der Waals surface area contributed by atoms with Gasteiger partial charge < -0.3 is 25.0 Å². The lowest BCUT2D eigenvalue weighted by atomic mass is 9.73. The van der Waals surface area contributed by atoms with E-state index in [0.29, 0.717) is 57.7 Å². The molecule has 260 valence electrons. The number of halogens is 1. The molecule has 1 aromatic heterocycles. The summed E-state index contributed by atoms with van der Waals surface area (Å²) in [6.45, 7) is 4.38. The number of aromatic hydroxyl groups is 1. The first kappa shape index (κ1) is 33.9. The molecule has 0 fully saturated rings. The van der Waals surface area contributed by atoms with E-state index in [4.69, 9.17) is 16.3 Å².